The first kappa shape index (κ1) is 6.49. The highest BCUT2D eigenvalue weighted by Gasteiger charge is 1.93. The first-order valence-electron chi connectivity index (χ1n) is 2.68. The van der Waals surface area contributed by atoms with Crippen molar-refractivity contribution in [1.29, 1.82) is 0 Å². The molecular formula is C7H8OS. The molecule has 0 spiro atoms. The predicted molar refractivity (Wildman–Crippen MR) is 40.5 cm³/mol. The molecule has 1 aromatic rings. The van der Waals surface area contributed by atoms with E-state index in [1.807, 2.05) is 12.1 Å². The summed E-state index contributed by atoms with van der Waals surface area (Å²) in [5, 5.41) is 0. The summed E-state index contributed by atoms with van der Waals surface area (Å²) in [6, 6.07) is 3.76. The highest BCUT2D eigenvalue weighted by atomic mass is 32.1. The molecule has 0 aliphatic rings. The quantitative estimate of drug-likeness (QED) is 0.622. The standard InChI is InChI=1S/C7H8OS/c1-6(9)5-7-3-2-4-8-7/h2-4,9H,1,5H2. The number of allylic oxidation sites excluding steroid dienone is 1. The van der Waals surface area contributed by atoms with Crippen molar-refractivity contribution in [2.45, 2.75) is 6.42 Å². The van der Waals surface area contributed by atoms with Crippen molar-refractivity contribution >= 4 is 12.6 Å². The summed E-state index contributed by atoms with van der Waals surface area (Å²) in [7, 11) is 0. The minimum atomic E-state index is 0.718. The zero-order valence-electron chi connectivity index (χ0n) is 5.00. The van der Waals surface area contributed by atoms with E-state index in [9.17, 15) is 0 Å². The summed E-state index contributed by atoms with van der Waals surface area (Å²) in [6.07, 6.45) is 2.36. The Labute approximate surface area is 59.8 Å². The Kier molecular flexibility index (Phi) is 2.01. The fourth-order valence-electron chi connectivity index (χ4n) is 0.614. The third-order valence-electron chi connectivity index (χ3n) is 0.958. The van der Waals surface area contributed by atoms with Gasteiger partial charge in [0.1, 0.15) is 5.76 Å². The molecule has 0 saturated carbocycles. The molecule has 0 aliphatic heterocycles. The fraction of sp³-hybridized carbons (Fsp3) is 0.143. The average Bonchev–Trinajstić information content (AvgIpc) is 2.15. The number of hydrogen-bond donors (Lipinski definition) is 1. The van der Waals surface area contributed by atoms with E-state index in [1.54, 1.807) is 6.26 Å². The number of thiol groups is 1. The molecule has 0 atom stereocenters. The van der Waals surface area contributed by atoms with Gasteiger partial charge in [0.15, 0.2) is 0 Å². The second-order valence-corrected chi connectivity index (χ2v) is 2.45. The van der Waals surface area contributed by atoms with Crippen molar-refractivity contribution in [2.75, 3.05) is 0 Å². The van der Waals surface area contributed by atoms with Crippen LogP contribution in [0, 0.1) is 0 Å². The third-order valence-corrected chi connectivity index (χ3v) is 1.12. The summed E-state index contributed by atoms with van der Waals surface area (Å²) in [5.41, 5.74) is 0. The van der Waals surface area contributed by atoms with Crippen LogP contribution in [0.3, 0.4) is 0 Å². The van der Waals surface area contributed by atoms with Gasteiger partial charge in [0.2, 0.25) is 0 Å². The molecule has 1 nitrogen and oxygen atoms in total. The van der Waals surface area contributed by atoms with Gasteiger partial charge in [-0.05, 0) is 17.0 Å². The normalized spacial score (nSPS) is 9.44. The van der Waals surface area contributed by atoms with Crippen LogP contribution in [0.15, 0.2) is 34.3 Å². The zero-order chi connectivity index (χ0) is 6.69. The second kappa shape index (κ2) is 2.78. The maximum absolute atomic E-state index is 5.03. The Hall–Kier alpha value is -0.630. The lowest BCUT2D eigenvalue weighted by Gasteiger charge is -1.90. The molecule has 0 unspecified atom stereocenters. The van der Waals surface area contributed by atoms with Crippen molar-refractivity contribution in [1.82, 2.24) is 0 Å². The SMILES string of the molecule is C=C(S)Cc1ccco1. The van der Waals surface area contributed by atoms with Gasteiger partial charge in [-0.1, -0.05) is 6.58 Å². The van der Waals surface area contributed by atoms with Crippen LogP contribution in [0.25, 0.3) is 0 Å². The molecule has 9 heavy (non-hydrogen) atoms. The van der Waals surface area contributed by atoms with Gasteiger partial charge in [0.05, 0.1) is 6.26 Å². The Balaban J connectivity index is 2.58. The molecule has 0 fully saturated rings. The number of rotatable bonds is 2. The van der Waals surface area contributed by atoms with Crippen LogP contribution >= 0.6 is 12.6 Å². The molecular weight excluding hydrogens is 132 g/mol. The largest absolute Gasteiger partial charge is 0.469 e. The Morgan fingerprint density at radius 1 is 1.78 bits per heavy atom. The van der Waals surface area contributed by atoms with Crippen molar-refractivity contribution in [3.63, 3.8) is 0 Å². The smallest absolute Gasteiger partial charge is 0.108 e. The molecule has 48 valence electrons. The van der Waals surface area contributed by atoms with E-state index < -0.39 is 0 Å². The number of hydrogen-bond acceptors (Lipinski definition) is 2. The maximum atomic E-state index is 5.03. The van der Waals surface area contributed by atoms with Crippen LogP contribution in [-0.2, 0) is 6.42 Å². The highest BCUT2D eigenvalue weighted by molar-refractivity contribution is 7.84. The van der Waals surface area contributed by atoms with Crippen molar-refractivity contribution < 1.29 is 4.42 Å². The van der Waals surface area contributed by atoms with E-state index in [4.69, 9.17) is 4.42 Å². The molecule has 0 aliphatic carbocycles. The van der Waals surface area contributed by atoms with E-state index in [1.165, 1.54) is 0 Å². The lowest BCUT2D eigenvalue weighted by Crippen LogP contribution is -1.76. The monoisotopic (exact) mass is 140 g/mol. The van der Waals surface area contributed by atoms with Crippen LogP contribution in [-0.4, -0.2) is 0 Å². The molecule has 1 aromatic heterocycles. The first-order valence-corrected chi connectivity index (χ1v) is 3.13. The van der Waals surface area contributed by atoms with E-state index in [-0.39, 0.29) is 0 Å². The van der Waals surface area contributed by atoms with Gasteiger partial charge in [0.25, 0.3) is 0 Å². The van der Waals surface area contributed by atoms with E-state index in [0.29, 0.717) is 0 Å². The van der Waals surface area contributed by atoms with E-state index in [2.05, 4.69) is 19.2 Å². The Bertz CT molecular complexity index is 189. The van der Waals surface area contributed by atoms with Crippen LogP contribution in [0.2, 0.25) is 0 Å². The molecule has 0 aromatic carbocycles. The van der Waals surface area contributed by atoms with Crippen LogP contribution < -0.4 is 0 Å². The summed E-state index contributed by atoms with van der Waals surface area (Å²) in [5.74, 6) is 0.912. The van der Waals surface area contributed by atoms with Crippen molar-refractivity contribution in [3.8, 4) is 0 Å². The molecule has 0 N–H and O–H groups in total. The van der Waals surface area contributed by atoms with Crippen LogP contribution in [0.4, 0.5) is 0 Å². The predicted octanol–water partition coefficient (Wildman–Crippen LogP) is 2.27. The van der Waals surface area contributed by atoms with Gasteiger partial charge < -0.3 is 4.42 Å². The van der Waals surface area contributed by atoms with Gasteiger partial charge in [0, 0.05) is 6.42 Å². The van der Waals surface area contributed by atoms with Crippen molar-refractivity contribution in [3.05, 3.63) is 35.6 Å². The molecule has 0 bridgehead atoms. The van der Waals surface area contributed by atoms with Gasteiger partial charge in [-0.2, -0.15) is 0 Å². The molecule has 1 rings (SSSR count). The first-order chi connectivity index (χ1) is 4.29. The van der Waals surface area contributed by atoms with Crippen LogP contribution in [0.5, 0.6) is 0 Å². The molecule has 0 amide bonds. The lowest BCUT2D eigenvalue weighted by molar-refractivity contribution is 0.522. The average molecular weight is 140 g/mol. The van der Waals surface area contributed by atoms with Gasteiger partial charge >= 0.3 is 0 Å². The fourth-order valence-corrected chi connectivity index (χ4v) is 0.770. The molecule has 2 heteroatoms. The van der Waals surface area contributed by atoms with Crippen LogP contribution in [0.1, 0.15) is 5.76 Å². The minimum absolute atomic E-state index is 0.718. The topological polar surface area (TPSA) is 13.1 Å². The number of furan rings is 1. The highest BCUT2D eigenvalue weighted by Crippen LogP contribution is 2.08. The van der Waals surface area contributed by atoms with E-state index in [0.717, 1.165) is 17.1 Å². The summed E-state index contributed by atoms with van der Waals surface area (Å²) in [6.45, 7) is 3.63. The van der Waals surface area contributed by atoms with Gasteiger partial charge in [-0.15, -0.1) is 12.6 Å². The molecule has 0 radical (unpaired) electrons. The Morgan fingerprint density at radius 3 is 3.00 bits per heavy atom. The summed E-state index contributed by atoms with van der Waals surface area (Å²) in [4.78, 5) is 0.824. The third kappa shape index (κ3) is 1.98. The Morgan fingerprint density at radius 2 is 2.56 bits per heavy atom. The second-order valence-electron chi connectivity index (χ2n) is 1.82. The van der Waals surface area contributed by atoms with Gasteiger partial charge in [-0.25, -0.2) is 0 Å². The minimum Gasteiger partial charge on any atom is -0.469 e. The lowest BCUT2D eigenvalue weighted by atomic mass is 10.3. The zero-order valence-corrected chi connectivity index (χ0v) is 5.90. The van der Waals surface area contributed by atoms with Crippen molar-refractivity contribution in [2.24, 2.45) is 0 Å². The summed E-state index contributed by atoms with van der Waals surface area (Å²) >= 11 is 4.03. The maximum Gasteiger partial charge on any atom is 0.108 e. The molecule has 0 saturated heterocycles. The summed E-state index contributed by atoms with van der Waals surface area (Å²) < 4.78 is 5.03. The molecule has 1 heterocycles. The van der Waals surface area contributed by atoms with Gasteiger partial charge in [-0.3, -0.25) is 0 Å². The van der Waals surface area contributed by atoms with E-state index >= 15 is 0 Å².